The van der Waals surface area contributed by atoms with E-state index in [2.05, 4.69) is 29.8 Å². The van der Waals surface area contributed by atoms with Gasteiger partial charge in [0, 0.05) is 19.3 Å². The molecule has 1 aliphatic heterocycles. The number of ketones is 1. The molecule has 0 aromatic carbocycles. The van der Waals surface area contributed by atoms with E-state index in [1.54, 1.807) is 0 Å². The summed E-state index contributed by atoms with van der Waals surface area (Å²) in [6, 6.07) is 4.07. The Morgan fingerprint density at radius 1 is 1.48 bits per heavy atom. The number of rotatable bonds is 4. The molecule has 1 aliphatic carbocycles. The van der Waals surface area contributed by atoms with Crippen LogP contribution < -0.4 is 0 Å². The van der Waals surface area contributed by atoms with E-state index in [0.29, 0.717) is 5.78 Å². The summed E-state index contributed by atoms with van der Waals surface area (Å²) < 4.78 is 5.44. The Labute approximate surface area is 126 Å². The number of hydrogen-bond acceptors (Lipinski definition) is 4. The lowest BCUT2D eigenvalue weighted by Crippen LogP contribution is -2.57. The molecule has 0 saturated carbocycles. The van der Waals surface area contributed by atoms with Gasteiger partial charge >= 0.3 is 0 Å². The third kappa shape index (κ3) is 2.51. The van der Waals surface area contributed by atoms with Gasteiger partial charge in [-0.1, -0.05) is 13.0 Å². The summed E-state index contributed by atoms with van der Waals surface area (Å²) in [6.07, 6.45) is 4.53. The molecule has 1 fully saturated rings. The molecule has 0 N–H and O–H groups in total. The van der Waals surface area contributed by atoms with Crippen LogP contribution in [-0.4, -0.2) is 47.5 Å². The molecule has 4 heteroatoms. The Kier molecular flexibility index (Phi) is 4.09. The number of pyridine rings is 1. The maximum absolute atomic E-state index is 13.2. The lowest BCUT2D eigenvalue weighted by Gasteiger charge is -2.42. The molecule has 2 atom stereocenters. The highest BCUT2D eigenvalue weighted by Crippen LogP contribution is 2.37. The zero-order valence-corrected chi connectivity index (χ0v) is 13.0. The van der Waals surface area contributed by atoms with E-state index in [9.17, 15) is 4.79 Å². The van der Waals surface area contributed by atoms with Gasteiger partial charge in [-0.3, -0.25) is 14.7 Å². The van der Waals surface area contributed by atoms with Crippen LogP contribution >= 0.6 is 0 Å². The highest BCUT2D eigenvalue weighted by Gasteiger charge is 2.44. The van der Waals surface area contributed by atoms with Crippen molar-refractivity contribution in [1.29, 1.82) is 0 Å². The molecule has 4 nitrogen and oxygen atoms in total. The molecule has 0 bridgehead atoms. The molecule has 2 heterocycles. The monoisotopic (exact) mass is 288 g/mol. The van der Waals surface area contributed by atoms with Crippen LogP contribution in [0.2, 0.25) is 0 Å². The third-order valence-electron chi connectivity index (χ3n) is 5.20. The number of carbonyl (C=O) groups excluding carboxylic acids is 1. The van der Waals surface area contributed by atoms with E-state index >= 15 is 0 Å². The number of hydrogen-bond donors (Lipinski definition) is 0. The number of morpholine rings is 1. The zero-order valence-electron chi connectivity index (χ0n) is 13.0. The van der Waals surface area contributed by atoms with Crippen molar-refractivity contribution in [3.63, 3.8) is 0 Å². The van der Waals surface area contributed by atoms with Crippen LogP contribution in [0.1, 0.15) is 43.9 Å². The number of fused-ring (bicyclic) bond motifs is 1. The number of carbonyl (C=O) groups is 1. The first-order chi connectivity index (χ1) is 10.2. The lowest BCUT2D eigenvalue weighted by atomic mass is 9.82. The Bertz CT molecular complexity index is 525. The quantitative estimate of drug-likeness (QED) is 0.851. The largest absolute Gasteiger partial charge is 0.379 e. The minimum Gasteiger partial charge on any atom is -0.379 e. The Morgan fingerprint density at radius 3 is 2.95 bits per heavy atom. The maximum atomic E-state index is 13.2. The molecular weight excluding hydrogens is 264 g/mol. The minimum atomic E-state index is -0.395. The van der Waals surface area contributed by atoms with Gasteiger partial charge in [0.2, 0.25) is 0 Å². The summed E-state index contributed by atoms with van der Waals surface area (Å²) >= 11 is 0. The SMILES string of the molecule is CCC(C)(C(=O)C1CCc2cccnc21)N1CCOCC1. The van der Waals surface area contributed by atoms with E-state index in [4.69, 9.17) is 4.74 Å². The molecule has 0 radical (unpaired) electrons. The summed E-state index contributed by atoms with van der Waals surface area (Å²) in [5.74, 6) is 0.304. The van der Waals surface area contributed by atoms with Gasteiger partial charge in [0.15, 0.2) is 5.78 Å². The predicted molar refractivity (Wildman–Crippen MR) is 81.4 cm³/mol. The summed E-state index contributed by atoms with van der Waals surface area (Å²) in [5, 5.41) is 0. The lowest BCUT2D eigenvalue weighted by molar-refractivity contribution is -0.135. The van der Waals surface area contributed by atoms with Crippen LogP contribution in [0.3, 0.4) is 0 Å². The summed E-state index contributed by atoms with van der Waals surface area (Å²) in [6.45, 7) is 7.35. The fourth-order valence-electron chi connectivity index (χ4n) is 3.65. The van der Waals surface area contributed by atoms with Crippen molar-refractivity contribution in [1.82, 2.24) is 9.88 Å². The molecule has 1 aromatic rings. The van der Waals surface area contributed by atoms with Crippen molar-refractivity contribution in [3.05, 3.63) is 29.6 Å². The van der Waals surface area contributed by atoms with Crippen LogP contribution in [0.15, 0.2) is 18.3 Å². The number of aryl methyl sites for hydroxylation is 1. The van der Waals surface area contributed by atoms with E-state index in [0.717, 1.165) is 51.3 Å². The number of ether oxygens (including phenoxy) is 1. The predicted octanol–water partition coefficient (Wildman–Crippen LogP) is 2.18. The number of nitrogens with zero attached hydrogens (tertiary/aromatic N) is 2. The molecule has 0 amide bonds. The fourth-order valence-corrected chi connectivity index (χ4v) is 3.65. The van der Waals surface area contributed by atoms with E-state index < -0.39 is 5.54 Å². The smallest absolute Gasteiger partial charge is 0.161 e. The van der Waals surface area contributed by atoms with Crippen molar-refractivity contribution in [2.45, 2.75) is 44.6 Å². The molecule has 3 rings (SSSR count). The minimum absolute atomic E-state index is 0.0333. The molecule has 114 valence electrons. The maximum Gasteiger partial charge on any atom is 0.161 e. The van der Waals surface area contributed by atoms with Gasteiger partial charge in [-0.25, -0.2) is 0 Å². The van der Waals surface area contributed by atoms with Crippen LogP contribution in [-0.2, 0) is 16.0 Å². The van der Waals surface area contributed by atoms with Gasteiger partial charge in [0.05, 0.1) is 30.4 Å². The van der Waals surface area contributed by atoms with Crippen LogP contribution in [0.25, 0.3) is 0 Å². The first-order valence-electron chi connectivity index (χ1n) is 7.97. The third-order valence-corrected chi connectivity index (χ3v) is 5.20. The van der Waals surface area contributed by atoms with Gasteiger partial charge in [-0.15, -0.1) is 0 Å². The Morgan fingerprint density at radius 2 is 2.24 bits per heavy atom. The average molecular weight is 288 g/mol. The van der Waals surface area contributed by atoms with Crippen LogP contribution in [0.5, 0.6) is 0 Å². The topological polar surface area (TPSA) is 42.4 Å². The number of aromatic nitrogens is 1. The Hall–Kier alpha value is -1.26. The molecule has 21 heavy (non-hydrogen) atoms. The molecule has 1 aromatic heterocycles. The fraction of sp³-hybridized carbons (Fsp3) is 0.647. The molecule has 2 unspecified atom stereocenters. The first-order valence-corrected chi connectivity index (χ1v) is 7.97. The first kappa shape index (κ1) is 14.7. The average Bonchev–Trinajstić information content (AvgIpc) is 2.98. The molecule has 2 aliphatic rings. The van der Waals surface area contributed by atoms with E-state index in [-0.39, 0.29) is 5.92 Å². The van der Waals surface area contributed by atoms with Gasteiger partial charge in [-0.05, 0) is 37.8 Å². The van der Waals surface area contributed by atoms with Crippen molar-refractivity contribution < 1.29 is 9.53 Å². The van der Waals surface area contributed by atoms with Gasteiger partial charge in [-0.2, -0.15) is 0 Å². The second-order valence-electron chi connectivity index (χ2n) is 6.23. The summed E-state index contributed by atoms with van der Waals surface area (Å²) in [7, 11) is 0. The second kappa shape index (κ2) is 5.85. The van der Waals surface area contributed by atoms with Gasteiger partial charge in [0.25, 0.3) is 0 Å². The van der Waals surface area contributed by atoms with Crippen molar-refractivity contribution in [3.8, 4) is 0 Å². The number of Topliss-reactive ketones (excluding diaryl/α,β-unsaturated/α-hetero) is 1. The van der Waals surface area contributed by atoms with Crippen molar-refractivity contribution >= 4 is 5.78 Å². The van der Waals surface area contributed by atoms with Gasteiger partial charge < -0.3 is 4.74 Å². The highest BCUT2D eigenvalue weighted by atomic mass is 16.5. The van der Waals surface area contributed by atoms with Gasteiger partial charge in [0.1, 0.15) is 0 Å². The zero-order chi connectivity index (χ0) is 14.9. The second-order valence-corrected chi connectivity index (χ2v) is 6.23. The normalized spacial score (nSPS) is 25.3. The molecule has 1 saturated heterocycles. The summed E-state index contributed by atoms with van der Waals surface area (Å²) in [5.41, 5.74) is 1.86. The molecule has 0 spiro atoms. The highest BCUT2D eigenvalue weighted by molar-refractivity contribution is 5.94. The van der Waals surface area contributed by atoms with Crippen LogP contribution in [0.4, 0.5) is 0 Å². The van der Waals surface area contributed by atoms with Crippen molar-refractivity contribution in [2.75, 3.05) is 26.3 Å². The Balaban J connectivity index is 1.86. The summed E-state index contributed by atoms with van der Waals surface area (Å²) in [4.78, 5) is 20.0. The van der Waals surface area contributed by atoms with E-state index in [1.165, 1.54) is 5.56 Å². The standard InChI is InChI=1S/C17H24N2O2/c1-3-17(2,19-9-11-21-12-10-19)16(20)14-7-6-13-5-4-8-18-15(13)14/h4-5,8,14H,3,6-7,9-12H2,1-2H3. The van der Waals surface area contributed by atoms with Crippen molar-refractivity contribution in [2.24, 2.45) is 0 Å². The molecular formula is C17H24N2O2. The van der Waals surface area contributed by atoms with Crippen LogP contribution in [0, 0.1) is 0 Å². The van der Waals surface area contributed by atoms with E-state index in [1.807, 2.05) is 12.3 Å².